The number of nitrogens with one attached hydrogen (secondary N) is 1. The number of rotatable bonds is 7. The Morgan fingerprint density at radius 3 is 2.33 bits per heavy atom. The number of fused-ring (bicyclic) bond motifs is 1. The maximum atomic E-state index is 12.9. The van der Waals surface area contributed by atoms with E-state index in [0.717, 1.165) is 50.5 Å². The van der Waals surface area contributed by atoms with E-state index in [1.807, 2.05) is 26.0 Å². The molecule has 0 aromatic carbocycles. The van der Waals surface area contributed by atoms with Crippen LogP contribution in [0.25, 0.3) is 0 Å². The molecule has 5 heteroatoms. The summed E-state index contributed by atoms with van der Waals surface area (Å²) in [6.45, 7) is 21.5. The molecule has 0 aliphatic heterocycles. The second-order valence-electron chi connectivity index (χ2n) is 15.0. The third-order valence-electron chi connectivity index (χ3n) is 11.5. The second-order valence-corrected chi connectivity index (χ2v) is 15.0. The number of carbonyl (C=O) groups is 3. The van der Waals surface area contributed by atoms with Crippen molar-refractivity contribution in [1.29, 1.82) is 5.26 Å². The van der Waals surface area contributed by atoms with E-state index in [9.17, 15) is 19.6 Å². The van der Waals surface area contributed by atoms with E-state index in [4.69, 9.17) is 0 Å². The van der Waals surface area contributed by atoms with Gasteiger partial charge in [0.15, 0.2) is 11.6 Å². The van der Waals surface area contributed by atoms with Gasteiger partial charge in [0.1, 0.15) is 6.07 Å². The Morgan fingerprint density at radius 1 is 1.15 bits per heavy atom. The van der Waals surface area contributed by atoms with Crippen molar-refractivity contribution < 1.29 is 14.4 Å². The van der Waals surface area contributed by atoms with Crippen LogP contribution in [0, 0.1) is 50.7 Å². The van der Waals surface area contributed by atoms with E-state index in [1.54, 1.807) is 6.92 Å². The number of ketones is 2. The molecular formula is C34H52N2O3. The highest BCUT2D eigenvalue weighted by molar-refractivity contribution is 6.02. The molecule has 0 aromatic heterocycles. The summed E-state index contributed by atoms with van der Waals surface area (Å²) < 4.78 is 0. The van der Waals surface area contributed by atoms with Gasteiger partial charge in [-0.25, -0.2) is 0 Å². The fourth-order valence-electron chi connectivity index (χ4n) is 8.47. The molecule has 3 aliphatic rings. The van der Waals surface area contributed by atoms with Crippen LogP contribution in [0.5, 0.6) is 0 Å². The minimum atomic E-state index is -0.537. The molecule has 6 atom stereocenters. The van der Waals surface area contributed by atoms with Gasteiger partial charge in [0.2, 0.25) is 5.91 Å². The van der Waals surface area contributed by atoms with Crippen molar-refractivity contribution >= 4 is 17.5 Å². The molecule has 3 rings (SSSR count). The Hall–Kier alpha value is -2.22. The Bertz CT molecular complexity index is 1120. The second kappa shape index (κ2) is 10.6. The van der Waals surface area contributed by atoms with Gasteiger partial charge in [-0.05, 0) is 86.0 Å². The highest BCUT2D eigenvalue weighted by Crippen LogP contribution is 2.65. The number of nitrogens with zero attached hydrogens (tertiary/aromatic N) is 1. The van der Waals surface area contributed by atoms with Crippen LogP contribution in [0.3, 0.4) is 0 Å². The van der Waals surface area contributed by atoms with Crippen LogP contribution in [0.1, 0.15) is 121 Å². The molecule has 1 unspecified atom stereocenters. The molecule has 39 heavy (non-hydrogen) atoms. The predicted molar refractivity (Wildman–Crippen MR) is 157 cm³/mol. The van der Waals surface area contributed by atoms with E-state index >= 15 is 0 Å². The number of hydrogen-bond donors (Lipinski definition) is 1. The molecule has 0 radical (unpaired) electrons. The molecular weight excluding hydrogens is 484 g/mol. The van der Waals surface area contributed by atoms with E-state index in [1.165, 1.54) is 0 Å². The van der Waals surface area contributed by atoms with Crippen LogP contribution in [0.15, 0.2) is 23.3 Å². The van der Waals surface area contributed by atoms with E-state index < -0.39 is 5.41 Å². The van der Waals surface area contributed by atoms with Gasteiger partial charge in [0.25, 0.3) is 0 Å². The third-order valence-corrected chi connectivity index (χ3v) is 11.5. The molecule has 0 heterocycles. The Kier molecular flexibility index (Phi) is 8.54. The van der Waals surface area contributed by atoms with Crippen LogP contribution in [-0.4, -0.2) is 23.0 Å². The molecule has 0 saturated heterocycles. The first kappa shape index (κ1) is 31.3. The minimum Gasteiger partial charge on any atom is -0.350 e. The molecule has 216 valence electrons. The van der Waals surface area contributed by atoms with Crippen molar-refractivity contribution in [2.24, 2.45) is 39.4 Å². The van der Waals surface area contributed by atoms with E-state index in [-0.39, 0.29) is 56.7 Å². The van der Waals surface area contributed by atoms with Gasteiger partial charge in [0, 0.05) is 23.3 Å². The van der Waals surface area contributed by atoms with Crippen LogP contribution in [0.4, 0.5) is 0 Å². The Balaban J connectivity index is 2.04. The van der Waals surface area contributed by atoms with Gasteiger partial charge in [0.05, 0.1) is 5.57 Å². The average molecular weight is 537 g/mol. The maximum Gasteiger partial charge on any atom is 0.220 e. The zero-order chi connectivity index (χ0) is 29.6. The summed E-state index contributed by atoms with van der Waals surface area (Å²) in [5.41, 5.74) is 0.272. The number of Topliss-reactive ketones (excluding diaryl/α,β-unsaturated/α-hetero) is 1. The van der Waals surface area contributed by atoms with Gasteiger partial charge in [-0.15, -0.1) is 0 Å². The first-order valence-corrected chi connectivity index (χ1v) is 15.1. The van der Waals surface area contributed by atoms with Gasteiger partial charge < -0.3 is 5.32 Å². The smallest absolute Gasteiger partial charge is 0.220 e. The lowest BCUT2D eigenvalue weighted by molar-refractivity contribution is -0.126. The number of allylic oxidation sites excluding steroid dienone is 4. The van der Waals surface area contributed by atoms with Crippen molar-refractivity contribution in [2.75, 3.05) is 0 Å². The van der Waals surface area contributed by atoms with Crippen molar-refractivity contribution in [3.63, 3.8) is 0 Å². The van der Waals surface area contributed by atoms with Crippen LogP contribution in [0.2, 0.25) is 0 Å². The molecule has 1 amide bonds. The van der Waals surface area contributed by atoms with Crippen LogP contribution < -0.4 is 5.32 Å². The highest BCUT2D eigenvalue weighted by Gasteiger charge is 2.58. The first-order valence-electron chi connectivity index (χ1n) is 15.1. The van der Waals surface area contributed by atoms with E-state index in [0.29, 0.717) is 12.3 Å². The maximum absolute atomic E-state index is 12.9. The largest absolute Gasteiger partial charge is 0.350 e. The lowest BCUT2D eigenvalue weighted by atomic mass is 9.44. The van der Waals surface area contributed by atoms with Gasteiger partial charge >= 0.3 is 0 Å². The molecule has 2 saturated carbocycles. The van der Waals surface area contributed by atoms with Crippen LogP contribution >= 0.6 is 0 Å². The van der Waals surface area contributed by atoms with Crippen LogP contribution in [-0.2, 0) is 14.4 Å². The number of hydrogen-bond acceptors (Lipinski definition) is 4. The summed E-state index contributed by atoms with van der Waals surface area (Å²) in [5.74, 6) is 0.218. The molecule has 0 aromatic rings. The quantitative estimate of drug-likeness (QED) is 0.341. The number of nitriles is 1. The minimum absolute atomic E-state index is 0.000161. The van der Waals surface area contributed by atoms with Crippen molar-refractivity contribution in [1.82, 2.24) is 5.32 Å². The van der Waals surface area contributed by atoms with Gasteiger partial charge in [-0.1, -0.05) is 74.0 Å². The SMILES string of the molecule is CCC(=O)N[C@]1(CCC(C)(C)[C@]2(C)CC[C@H]3[C@H](C)C(=O)C(C#N)=C[C@]3(C)/C2=C/C(C)=O)CCC(C)(C)CC1C. The number of carbonyl (C=O) groups excluding carboxylic acids is 3. The monoisotopic (exact) mass is 536 g/mol. The topological polar surface area (TPSA) is 87.0 Å². The summed E-state index contributed by atoms with van der Waals surface area (Å²) in [6.07, 6.45) is 10.8. The average Bonchev–Trinajstić information content (AvgIpc) is 2.84. The summed E-state index contributed by atoms with van der Waals surface area (Å²) in [6, 6.07) is 2.15. The van der Waals surface area contributed by atoms with Gasteiger partial charge in [-0.3, -0.25) is 14.4 Å². The summed E-state index contributed by atoms with van der Waals surface area (Å²) >= 11 is 0. The fourth-order valence-corrected chi connectivity index (χ4v) is 8.47. The first-order chi connectivity index (χ1) is 17.9. The molecule has 5 nitrogen and oxygen atoms in total. The summed E-state index contributed by atoms with van der Waals surface area (Å²) in [4.78, 5) is 38.4. The third kappa shape index (κ3) is 5.55. The molecule has 3 aliphatic carbocycles. The lowest BCUT2D eigenvalue weighted by Gasteiger charge is -2.60. The normalized spacial score (nSPS) is 37.5. The number of amides is 1. The van der Waals surface area contributed by atoms with Crippen molar-refractivity contribution in [2.45, 2.75) is 126 Å². The Labute approximate surface area is 237 Å². The zero-order valence-corrected chi connectivity index (χ0v) is 26.2. The molecule has 2 fully saturated rings. The summed E-state index contributed by atoms with van der Waals surface area (Å²) in [7, 11) is 0. The predicted octanol–water partition coefficient (Wildman–Crippen LogP) is 7.51. The Morgan fingerprint density at radius 2 is 1.79 bits per heavy atom. The van der Waals surface area contributed by atoms with E-state index in [2.05, 4.69) is 59.9 Å². The highest BCUT2D eigenvalue weighted by atomic mass is 16.2. The fraction of sp³-hybridized carbons (Fsp3) is 0.765. The molecule has 1 N–H and O–H groups in total. The van der Waals surface area contributed by atoms with Gasteiger partial charge in [-0.2, -0.15) is 5.26 Å². The van der Waals surface area contributed by atoms with Crippen molar-refractivity contribution in [3.05, 3.63) is 23.3 Å². The lowest BCUT2D eigenvalue weighted by Crippen LogP contribution is -2.58. The molecule has 0 bridgehead atoms. The van der Waals surface area contributed by atoms with Crippen molar-refractivity contribution in [3.8, 4) is 6.07 Å². The summed E-state index contributed by atoms with van der Waals surface area (Å²) in [5, 5.41) is 13.3. The standard InChI is InChI=1S/C34H52N2O3/c1-11-28(38)36-34(16-14-30(5,6)19-22(34)2)17-15-31(7,8)33(10)13-12-26-24(4)29(39)25(21-35)20-32(26,9)27(33)18-23(3)37/h18,20,22,24,26H,11-17,19H2,1-10H3,(H,36,38)/b27-18-/t22?,24-,26-,32-,33+,34-/m0/s1. The zero-order valence-electron chi connectivity index (χ0n) is 26.2. The molecule has 0 spiro atoms.